The lowest BCUT2D eigenvalue weighted by molar-refractivity contribution is 0.122. The number of primary amides is 1. The molecule has 0 bridgehead atoms. The number of carbonyl (C=O) groups excluding carboxylic acids is 1. The number of nitrogens with zero attached hydrogens (tertiary/aromatic N) is 3. The first-order valence-corrected chi connectivity index (χ1v) is 9.04. The van der Waals surface area contributed by atoms with Crippen molar-refractivity contribution < 1.29 is 9.53 Å². The lowest BCUT2D eigenvalue weighted by Gasteiger charge is -2.29. The minimum absolute atomic E-state index is 0.417. The Morgan fingerprint density at radius 2 is 1.89 bits per heavy atom. The van der Waals surface area contributed by atoms with Crippen LogP contribution in [-0.4, -0.2) is 37.3 Å². The molecule has 0 aliphatic carbocycles. The number of ether oxygens (including phenoxy) is 1. The smallest absolute Gasteiger partial charge is 0.319 e. The predicted octanol–water partition coefficient (Wildman–Crippen LogP) is 3.16. The van der Waals surface area contributed by atoms with Crippen molar-refractivity contribution >= 4 is 28.2 Å². The van der Waals surface area contributed by atoms with Crippen molar-refractivity contribution in [3.8, 4) is 0 Å². The van der Waals surface area contributed by atoms with E-state index in [4.69, 9.17) is 10.5 Å². The van der Waals surface area contributed by atoms with E-state index < -0.39 is 6.03 Å². The first-order valence-electron chi connectivity index (χ1n) is 9.04. The van der Waals surface area contributed by atoms with E-state index in [-0.39, 0.29) is 0 Å². The summed E-state index contributed by atoms with van der Waals surface area (Å²) in [6.45, 7) is 3.73. The van der Waals surface area contributed by atoms with Crippen molar-refractivity contribution in [1.82, 2.24) is 4.98 Å². The summed E-state index contributed by atoms with van der Waals surface area (Å²) in [5, 5.41) is 1.93. The van der Waals surface area contributed by atoms with Crippen molar-refractivity contribution in [1.29, 1.82) is 0 Å². The van der Waals surface area contributed by atoms with Gasteiger partial charge in [0, 0.05) is 41.9 Å². The number of hydrogen-bond acceptors (Lipinski definition) is 4. The highest BCUT2D eigenvalue weighted by Gasteiger charge is 2.16. The van der Waals surface area contributed by atoms with Gasteiger partial charge in [-0.15, -0.1) is 0 Å². The molecule has 1 fully saturated rings. The molecule has 1 aliphatic rings. The number of aromatic nitrogens is 1. The van der Waals surface area contributed by atoms with Crippen LogP contribution in [0.1, 0.15) is 5.56 Å². The minimum atomic E-state index is -0.475. The Kier molecular flexibility index (Phi) is 4.89. The van der Waals surface area contributed by atoms with Crippen molar-refractivity contribution in [3.63, 3.8) is 0 Å². The maximum absolute atomic E-state index is 12.2. The van der Waals surface area contributed by atoms with Crippen molar-refractivity contribution in [2.75, 3.05) is 36.1 Å². The van der Waals surface area contributed by atoms with Gasteiger partial charge in [0.25, 0.3) is 0 Å². The number of morpholine rings is 1. The van der Waals surface area contributed by atoms with Gasteiger partial charge in [-0.05, 0) is 29.8 Å². The molecule has 0 radical (unpaired) electrons. The largest absolute Gasteiger partial charge is 0.378 e. The Hall–Kier alpha value is -3.12. The quantitative estimate of drug-likeness (QED) is 0.774. The number of anilines is 2. The molecule has 6 nitrogen and oxygen atoms in total. The number of nitrogens with two attached hydrogens (primary N) is 1. The van der Waals surface area contributed by atoms with Crippen molar-refractivity contribution in [2.24, 2.45) is 5.73 Å². The first-order chi connectivity index (χ1) is 13.2. The van der Waals surface area contributed by atoms with E-state index in [1.807, 2.05) is 36.4 Å². The molecule has 27 heavy (non-hydrogen) atoms. The third kappa shape index (κ3) is 3.71. The van der Waals surface area contributed by atoms with Crippen LogP contribution in [0, 0.1) is 0 Å². The average molecular weight is 362 g/mol. The molecule has 4 rings (SSSR count). The van der Waals surface area contributed by atoms with E-state index in [0.29, 0.717) is 6.54 Å². The number of benzene rings is 2. The number of fused-ring (bicyclic) bond motifs is 1. The lowest BCUT2D eigenvalue weighted by Crippen LogP contribution is -2.36. The molecule has 1 aliphatic heterocycles. The molecule has 0 unspecified atom stereocenters. The molecule has 2 aromatic carbocycles. The highest BCUT2D eigenvalue weighted by Crippen LogP contribution is 2.28. The van der Waals surface area contributed by atoms with Crippen LogP contribution in [0.15, 0.2) is 60.9 Å². The molecule has 2 N–H and O–H groups in total. The van der Waals surface area contributed by atoms with Gasteiger partial charge < -0.3 is 15.4 Å². The van der Waals surface area contributed by atoms with Crippen LogP contribution in [0.25, 0.3) is 10.8 Å². The first kappa shape index (κ1) is 17.3. The number of urea groups is 1. The zero-order valence-electron chi connectivity index (χ0n) is 15.0. The van der Waals surface area contributed by atoms with Gasteiger partial charge in [0.1, 0.15) is 0 Å². The van der Waals surface area contributed by atoms with E-state index in [1.54, 1.807) is 17.3 Å². The number of amides is 2. The van der Waals surface area contributed by atoms with E-state index in [9.17, 15) is 4.79 Å². The van der Waals surface area contributed by atoms with Gasteiger partial charge in [-0.25, -0.2) is 4.79 Å². The van der Waals surface area contributed by atoms with Gasteiger partial charge in [0.15, 0.2) is 0 Å². The molecule has 1 aromatic heterocycles. The fourth-order valence-corrected chi connectivity index (χ4v) is 3.44. The fourth-order valence-electron chi connectivity index (χ4n) is 3.44. The van der Waals surface area contributed by atoms with E-state index in [2.05, 4.69) is 22.0 Å². The second kappa shape index (κ2) is 7.63. The van der Waals surface area contributed by atoms with Crippen molar-refractivity contribution in [3.05, 3.63) is 66.5 Å². The summed E-state index contributed by atoms with van der Waals surface area (Å²) in [4.78, 5) is 20.2. The normalized spacial score (nSPS) is 14.3. The molecular weight excluding hydrogens is 340 g/mol. The Morgan fingerprint density at radius 3 is 2.63 bits per heavy atom. The Morgan fingerprint density at radius 1 is 1.11 bits per heavy atom. The van der Waals surface area contributed by atoms with Crippen LogP contribution in [0.3, 0.4) is 0 Å². The minimum Gasteiger partial charge on any atom is -0.378 e. The Labute approximate surface area is 158 Å². The second-order valence-corrected chi connectivity index (χ2v) is 6.56. The summed E-state index contributed by atoms with van der Waals surface area (Å²) >= 11 is 0. The third-order valence-electron chi connectivity index (χ3n) is 4.87. The number of rotatable bonds is 4. The molecule has 138 valence electrons. The van der Waals surface area contributed by atoms with Crippen LogP contribution < -0.4 is 15.5 Å². The molecule has 0 saturated carbocycles. The fraction of sp³-hybridized carbons (Fsp3) is 0.238. The van der Waals surface area contributed by atoms with Gasteiger partial charge in [-0.3, -0.25) is 9.88 Å². The average Bonchev–Trinajstić information content (AvgIpc) is 2.72. The molecule has 2 heterocycles. The second-order valence-electron chi connectivity index (χ2n) is 6.56. The van der Waals surface area contributed by atoms with Gasteiger partial charge in [-0.2, -0.15) is 0 Å². The number of pyridine rings is 1. The van der Waals surface area contributed by atoms with E-state index >= 15 is 0 Å². The predicted molar refractivity (Wildman–Crippen MR) is 107 cm³/mol. The number of carbonyl (C=O) groups is 1. The summed E-state index contributed by atoms with van der Waals surface area (Å²) < 4.78 is 5.40. The lowest BCUT2D eigenvalue weighted by atomic mass is 10.1. The van der Waals surface area contributed by atoms with Crippen LogP contribution in [-0.2, 0) is 11.3 Å². The summed E-state index contributed by atoms with van der Waals surface area (Å²) in [6.07, 6.45) is 3.51. The third-order valence-corrected chi connectivity index (χ3v) is 4.87. The Bertz CT molecular complexity index is 931. The molecule has 1 saturated heterocycles. The highest BCUT2D eigenvalue weighted by molar-refractivity contribution is 6.02. The summed E-state index contributed by atoms with van der Waals surface area (Å²) in [6, 6.07) is 15.5. The van der Waals surface area contributed by atoms with Gasteiger partial charge in [0.05, 0.1) is 25.4 Å². The SMILES string of the molecule is NC(=O)N(Cc1ccc(N2CCOCC2)cc1)c1cccc2cnccc12. The molecular formula is C21H22N4O2. The molecule has 3 aromatic rings. The highest BCUT2D eigenvalue weighted by atomic mass is 16.5. The van der Waals surface area contributed by atoms with Gasteiger partial charge in [-0.1, -0.05) is 24.3 Å². The van der Waals surface area contributed by atoms with Crippen molar-refractivity contribution in [2.45, 2.75) is 6.54 Å². The summed E-state index contributed by atoms with van der Waals surface area (Å²) in [5.41, 5.74) is 8.69. The molecule has 2 amide bonds. The zero-order chi connectivity index (χ0) is 18.6. The maximum Gasteiger partial charge on any atom is 0.319 e. The number of hydrogen-bond donors (Lipinski definition) is 1. The Balaban J connectivity index is 1.59. The van der Waals surface area contributed by atoms with Crippen LogP contribution in [0.5, 0.6) is 0 Å². The topological polar surface area (TPSA) is 71.7 Å². The van der Waals surface area contributed by atoms with Gasteiger partial charge in [0.2, 0.25) is 0 Å². The summed E-state index contributed by atoms with van der Waals surface area (Å²) in [5.74, 6) is 0. The molecule has 0 atom stereocenters. The van der Waals surface area contributed by atoms with E-state index in [0.717, 1.165) is 48.3 Å². The van der Waals surface area contributed by atoms with Crippen LogP contribution >= 0.6 is 0 Å². The molecule has 0 spiro atoms. The van der Waals surface area contributed by atoms with Crippen LogP contribution in [0.4, 0.5) is 16.2 Å². The van der Waals surface area contributed by atoms with Crippen LogP contribution in [0.2, 0.25) is 0 Å². The van der Waals surface area contributed by atoms with Gasteiger partial charge >= 0.3 is 6.03 Å². The summed E-state index contributed by atoms with van der Waals surface area (Å²) in [7, 11) is 0. The maximum atomic E-state index is 12.2. The zero-order valence-corrected chi connectivity index (χ0v) is 15.0. The standard InChI is InChI=1S/C21H22N4O2/c22-21(26)25(20-3-1-2-17-14-23-9-8-19(17)20)15-16-4-6-18(7-5-16)24-10-12-27-13-11-24/h1-9,14H,10-13,15H2,(H2,22,26). The molecule has 6 heteroatoms. The van der Waals surface area contributed by atoms with E-state index in [1.165, 1.54) is 5.69 Å². The monoisotopic (exact) mass is 362 g/mol.